The number of nitrogens with one attached hydrogen (secondary N) is 3. The van der Waals surface area contributed by atoms with E-state index < -0.39 is 35.4 Å². The number of amides is 6. The quantitative estimate of drug-likeness (QED) is 0.0181. The molecule has 2 aromatic carbocycles. The second-order valence-corrected chi connectivity index (χ2v) is 29.5. The van der Waals surface area contributed by atoms with Crippen LogP contribution in [0.25, 0.3) is 21.7 Å². The van der Waals surface area contributed by atoms with Gasteiger partial charge in [0, 0.05) is 126 Å². The van der Waals surface area contributed by atoms with E-state index in [2.05, 4.69) is 40.8 Å². The van der Waals surface area contributed by atoms with Crippen LogP contribution in [-0.4, -0.2) is 184 Å². The van der Waals surface area contributed by atoms with E-state index in [1.165, 1.54) is 28.1 Å². The van der Waals surface area contributed by atoms with Gasteiger partial charge in [0.2, 0.25) is 17.7 Å². The number of hydrogen-bond donors (Lipinski definition) is 5. The highest BCUT2D eigenvalue weighted by atomic mass is 32.1. The molecule has 0 bridgehead atoms. The summed E-state index contributed by atoms with van der Waals surface area (Å²) >= 11 is 1.58. The van der Waals surface area contributed by atoms with Gasteiger partial charge in [0.25, 0.3) is 17.7 Å². The number of morpholine rings is 1. The lowest BCUT2D eigenvalue weighted by atomic mass is 9.76. The predicted octanol–water partition coefficient (Wildman–Crippen LogP) is 8.76. The maximum atomic E-state index is 14.2. The number of aliphatic hydroxyl groups is 1. The molecule has 0 unspecified atom stereocenters. The van der Waals surface area contributed by atoms with Crippen molar-refractivity contribution < 1.29 is 67.3 Å². The fourth-order valence-electron chi connectivity index (χ4n) is 13.7. The standard InChI is InChI=1S/C78H101N11O14S/c1-51-73(104-50-83-51)56-23-16-53(17-24-56)20-29-68(94)66-45-60(92)49-88(66)77(100)61(78(2,3)4)44-59(91)33-39-102-43-42-101-38-9-11-58(90)27-28-62(84-69(95)13-6-5-7-34-81-75(98)57-25-18-54(19-26-57)48-89-70(96)30-31-71(89)97)67(93)12-8-10-52-14-21-55(22-15-52)63-47-82-74(79)72(85-63)76(99)86-64-46-80-35-32-65(64)87-36-40-103-41-37-87/h14-17,21-24,30-32,35,46-47,50,54,57,60-62,66,92H,5-13,18-20,25-29,33-34,36-45,48-49H2,1-4H3,(H2,79,82)(H,81,98)(H,84,95)(H,86,99)/t54?,57?,60-,61-,62+,66+/m1/s1. The summed E-state index contributed by atoms with van der Waals surface area (Å²) in [7, 11) is 0. The van der Waals surface area contributed by atoms with Gasteiger partial charge >= 0.3 is 0 Å². The number of thiazole rings is 1. The van der Waals surface area contributed by atoms with Gasteiger partial charge in [0.05, 0.1) is 96.8 Å². The van der Waals surface area contributed by atoms with Gasteiger partial charge in [-0.25, -0.2) is 15.0 Å². The molecule has 3 aromatic heterocycles. The zero-order valence-corrected chi connectivity index (χ0v) is 61.2. The van der Waals surface area contributed by atoms with Crippen molar-refractivity contribution in [2.45, 2.75) is 174 Å². The Labute approximate surface area is 612 Å². The second-order valence-electron chi connectivity index (χ2n) is 28.7. The van der Waals surface area contributed by atoms with Gasteiger partial charge in [-0.15, -0.1) is 11.3 Å². The van der Waals surface area contributed by atoms with E-state index in [0.717, 1.165) is 45.8 Å². The first-order valence-electron chi connectivity index (χ1n) is 36.7. The molecule has 104 heavy (non-hydrogen) atoms. The molecule has 25 nitrogen and oxygen atoms in total. The third-order valence-electron chi connectivity index (χ3n) is 19.9. The Morgan fingerprint density at radius 1 is 0.750 bits per heavy atom. The molecule has 6 amide bonds. The van der Waals surface area contributed by atoms with Gasteiger partial charge in [-0.05, 0) is 112 Å². The number of hydrogen-bond acceptors (Lipinski definition) is 21. The van der Waals surface area contributed by atoms with Crippen molar-refractivity contribution in [3.8, 4) is 21.7 Å². The number of nitrogens with zero attached hydrogens (tertiary/aromatic N) is 7. The Morgan fingerprint density at radius 2 is 1.45 bits per heavy atom. The molecule has 6 heterocycles. The maximum absolute atomic E-state index is 14.2. The molecule has 558 valence electrons. The third kappa shape index (κ3) is 23.6. The molecule has 4 atom stereocenters. The molecule has 4 aliphatic rings. The summed E-state index contributed by atoms with van der Waals surface area (Å²) in [4.78, 5) is 156. The van der Waals surface area contributed by atoms with Crippen LogP contribution in [-0.2, 0) is 70.2 Å². The van der Waals surface area contributed by atoms with Gasteiger partial charge in [-0.3, -0.25) is 57.8 Å². The van der Waals surface area contributed by atoms with Gasteiger partial charge in [-0.1, -0.05) is 75.7 Å². The van der Waals surface area contributed by atoms with Crippen molar-refractivity contribution in [1.82, 2.24) is 40.4 Å². The molecule has 3 fully saturated rings. The SMILES string of the molecule is Cc1ncsc1-c1ccc(CCC(=O)[C@@H]2C[C@@H](O)CN2C(=O)[C@@H](CC(=O)CCOCCOCCCC(=O)CC[C@H](NC(=O)CCCCCNC(=O)C2CCC(CN3C(=O)C=CC3=O)CC2)C(=O)CCCc2ccc(-c3cnc(N)c(C(=O)Nc4cnccc4N4CCOCC4)n3)cc2)C(C)(C)C)cc1. The number of ketones is 4. The highest BCUT2D eigenvalue weighted by Crippen LogP contribution is 2.36. The lowest BCUT2D eigenvalue weighted by Gasteiger charge is -2.34. The van der Waals surface area contributed by atoms with E-state index in [-0.39, 0.29) is 167 Å². The number of nitrogens with two attached hydrogens (primary N) is 1. The maximum Gasteiger partial charge on any atom is 0.278 e. The number of anilines is 3. The molecule has 26 heteroatoms. The molecule has 1 aliphatic carbocycles. The number of aliphatic hydroxyl groups excluding tert-OH is 1. The van der Waals surface area contributed by atoms with Crippen LogP contribution in [0, 0.1) is 30.1 Å². The number of unbranched alkanes of at least 4 members (excludes halogenated alkanes) is 2. The number of pyridine rings is 1. The van der Waals surface area contributed by atoms with E-state index in [4.69, 9.17) is 19.9 Å². The average molecular weight is 1450 g/mol. The number of carbonyl (C=O) groups is 10. The summed E-state index contributed by atoms with van der Waals surface area (Å²) in [6.07, 6.45) is 14.2. The van der Waals surface area contributed by atoms with E-state index in [1.54, 1.807) is 23.7 Å². The highest BCUT2D eigenvalue weighted by molar-refractivity contribution is 7.13. The van der Waals surface area contributed by atoms with Crippen molar-refractivity contribution >= 4 is 87.1 Å². The largest absolute Gasteiger partial charge is 0.391 e. The summed E-state index contributed by atoms with van der Waals surface area (Å²) < 4.78 is 17.0. The van der Waals surface area contributed by atoms with Crippen molar-refractivity contribution in [3.05, 3.63) is 113 Å². The van der Waals surface area contributed by atoms with Gasteiger partial charge in [0.15, 0.2) is 23.1 Å². The van der Waals surface area contributed by atoms with Crippen LogP contribution in [0.4, 0.5) is 17.2 Å². The Bertz CT molecular complexity index is 3790. The van der Waals surface area contributed by atoms with Crippen molar-refractivity contribution in [1.29, 1.82) is 0 Å². The molecule has 3 aliphatic heterocycles. The van der Waals surface area contributed by atoms with E-state index >= 15 is 0 Å². The molecular formula is C78H101N11O14S. The Hall–Kier alpha value is -8.82. The first-order valence-corrected chi connectivity index (χ1v) is 37.6. The summed E-state index contributed by atoms with van der Waals surface area (Å²) in [5, 5.41) is 19.6. The summed E-state index contributed by atoms with van der Waals surface area (Å²) in [6, 6.07) is 15.8. The highest BCUT2D eigenvalue weighted by Gasteiger charge is 2.44. The second kappa shape index (κ2) is 39.3. The molecule has 5 aromatic rings. The summed E-state index contributed by atoms with van der Waals surface area (Å²) in [6.45, 7) is 11.7. The van der Waals surface area contributed by atoms with Gasteiger partial charge in [-0.2, -0.15) is 0 Å². The van der Waals surface area contributed by atoms with Crippen LogP contribution in [0.3, 0.4) is 0 Å². The van der Waals surface area contributed by atoms with Crippen molar-refractivity contribution in [3.63, 3.8) is 0 Å². The van der Waals surface area contributed by atoms with Crippen LogP contribution in [0.1, 0.15) is 164 Å². The number of Topliss-reactive ketones (excluding diaryl/α,β-unsaturated/α-hetero) is 4. The topological polar surface area (TPSA) is 342 Å². The van der Waals surface area contributed by atoms with Crippen LogP contribution in [0.5, 0.6) is 0 Å². The van der Waals surface area contributed by atoms with E-state index in [1.807, 2.05) is 87.8 Å². The summed E-state index contributed by atoms with van der Waals surface area (Å²) in [5.74, 6) is -3.05. The molecule has 0 spiro atoms. The number of nitrogen functional groups attached to an aromatic ring is 1. The number of rotatable bonds is 40. The van der Waals surface area contributed by atoms with Gasteiger partial charge in [0.1, 0.15) is 11.6 Å². The zero-order valence-electron chi connectivity index (χ0n) is 60.4. The van der Waals surface area contributed by atoms with E-state index in [0.29, 0.717) is 114 Å². The smallest absolute Gasteiger partial charge is 0.278 e. The first kappa shape index (κ1) is 79.3. The minimum Gasteiger partial charge on any atom is -0.391 e. The summed E-state index contributed by atoms with van der Waals surface area (Å²) in [5.41, 5.74) is 13.7. The Morgan fingerprint density at radius 3 is 2.15 bits per heavy atom. The van der Waals surface area contributed by atoms with Crippen molar-refractivity contribution in [2.24, 2.45) is 23.2 Å². The number of likely N-dealkylation sites (tertiary alicyclic amines) is 1. The Balaban J connectivity index is 0.685. The molecule has 6 N–H and O–H groups in total. The number of aromatic nitrogens is 4. The predicted molar refractivity (Wildman–Crippen MR) is 394 cm³/mol. The molecular weight excluding hydrogens is 1350 g/mol. The van der Waals surface area contributed by atoms with Crippen LogP contribution in [0.15, 0.2) is 90.9 Å². The molecule has 2 saturated heterocycles. The number of benzene rings is 2. The molecule has 0 radical (unpaired) electrons. The fourth-order valence-corrected chi connectivity index (χ4v) is 14.5. The first-order chi connectivity index (χ1) is 50.1. The lowest BCUT2D eigenvalue weighted by Crippen LogP contribution is -2.47. The number of β-amino-alcohol motifs (C(OH)–C–C–N with tert-alkyl or cyclic N) is 1. The van der Waals surface area contributed by atoms with Crippen molar-refractivity contribution in [2.75, 3.05) is 88.3 Å². The van der Waals surface area contributed by atoms with Crippen LogP contribution in [0.2, 0.25) is 0 Å². The molecule has 9 rings (SSSR count). The van der Waals surface area contributed by atoms with Gasteiger partial charge < -0.3 is 50.8 Å². The van der Waals surface area contributed by atoms with Crippen LogP contribution < -0.4 is 26.6 Å². The third-order valence-corrected chi connectivity index (χ3v) is 20.9. The monoisotopic (exact) mass is 1450 g/mol. The number of imide groups is 1. The lowest BCUT2D eigenvalue weighted by molar-refractivity contribution is -0.146. The molecule has 1 saturated carbocycles. The van der Waals surface area contributed by atoms with Crippen LogP contribution >= 0.6 is 11.3 Å². The number of ether oxygens (including phenoxy) is 3. The minimum atomic E-state index is -0.886. The minimum absolute atomic E-state index is 0.0197. The number of carbonyl (C=O) groups excluding carboxylic acids is 10. The van der Waals surface area contributed by atoms with E-state index in [9.17, 15) is 53.1 Å². The fraction of sp³-hybridized carbons (Fsp3) is 0.538. The normalized spacial score (nSPS) is 18.1. The average Bonchev–Trinajstić information content (AvgIpc) is 1.46. The Kier molecular flexibility index (Phi) is 30.0. The zero-order chi connectivity index (χ0) is 74.1. The number of aryl methyl sites for hydroxylation is 3.